The van der Waals surface area contributed by atoms with Crippen LogP contribution < -0.4 is 10.1 Å². The fraction of sp³-hybridized carbons (Fsp3) is 0.625. The molecule has 2 heterocycles. The van der Waals surface area contributed by atoms with Gasteiger partial charge in [-0.15, -0.1) is 13.2 Å². The Bertz CT molecular complexity index is 510. The summed E-state index contributed by atoms with van der Waals surface area (Å²) < 4.78 is 41.6. The summed E-state index contributed by atoms with van der Waals surface area (Å²) in [6.45, 7) is 6.29. The number of hydrogen-bond donors (Lipinski definition) is 1. The number of piperazine rings is 1. The maximum atomic E-state index is 12.5. The highest BCUT2D eigenvalue weighted by molar-refractivity contribution is 5.33. The van der Waals surface area contributed by atoms with E-state index in [1.54, 1.807) is 18.2 Å². The molecule has 23 heavy (non-hydrogen) atoms. The Labute approximate surface area is 134 Å². The second-order valence-corrected chi connectivity index (χ2v) is 6.11. The van der Waals surface area contributed by atoms with E-state index in [1.807, 2.05) is 0 Å². The van der Waals surface area contributed by atoms with Crippen molar-refractivity contribution < 1.29 is 17.9 Å². The summed E-state index contributed by atoms with van der Waals surface area (Å²) in [5.74, 6) is -0.0950. The van der Waals surface area contributed by atoms with E-state index in [0.29, 0.717) is 18.2 Å². The molecule has 0 bridgehead atoms. The van der Waals surface area contributed by atoms with Crippen molar-refractivity contribution in [1.82, 2.24) is 15.1 Å². The highest BCUT2D eigenvalue weighted by Gasteiger charge is 2.32. The summed E-state index contributed by atoms with van der Waals surface area (Å²) in [5.41, 5.74) is 0.584. The van der Waals surface area contributed by atoms with Crippen LogP contribution in [0.3, 0.4) is 0 Å². The first kappa shape index (κ1) is 16.5. The van der Waals surface area contributed by atoms with Gasteiger partial charge in [-0.3, -0.25) is 9.80 Å². The molecule has 0 amide bonds. The average Bonchev–Trinajstić information content (AvgIpc) is 3.03. The first-order valence-electron chi connectivity index (χ1n) is 8.02. The lowest BCUT2D eigenvalue weighted by Gasteiger charge is -2.38. The lowest BCUT2D eigenvalue weighted by molar-refractivity contribution is -0.275. The van der Waals surface area contributed by atoms with Crippen molar-refractivity contribution in [3.05, 3.63) is 29.8 Å². The number of para-hydroxylation sites is 1. The summed E-state index contributed by atoms with van der Waals surface area (Å²) in [6.07, 6.45) is -3.47. The third kappa shape index (κ3) is 4.59. The van der Waals surface area contributed by atoms with Crippen LogP contribution in [0.1, 0.15) is 12.0 Å². The van der Waals surface area contributed by atoms with Gasteiger partial charge in [0, 0.05) is 50.9 Å². The Morgan fingerprint density at radius 1 is 1.13 bits per heavy atom. The van der Waals surface area contributed by atoms with Crippen LogP contribution in [0, 0.1) is 0 Å². The highest BCUT2D eigenvalue weighted by atomic mass is 19.4. The largest absolute Gasteiger partial charge is 0.573 e. The van der Waals surface area contributed by atoms with E-state index in [1.165, 1.54) is 12.5 Å². The summed E-state index contributed by atoms with van der Waals surface area (Å²) in [4.78, 5) is 4.67. The number of hydrogen-bond acceptors (Lipinski definition) is 4. The van der Waals surface area contributed by atoms with Gasteiger partial charge in [-0.25, -0.2) is 0 Å². The fourth-order valence-electron chi connectivity index (χ4n) is 3.34. The molecule has 0 spiro atoms. The van der Waals surface area contributed by atoms with Crippen LogP contribution in [0.2, 0.25) is 0 Å². The van der Waals surface area contributed by atoms with Crippen LogP contribution in [-0.2, 0) is 6.54 Å². The van der Waals surface area contributed by atoms with E-state index in [-0.39, 0.29) is 5.75 Å². The molecule has 0 radical (unpaired) electrons. The summed E-state index contributed by atoms with van der Waals surface area (Å²) in [6, 6.07) is 7.00. The van der Waals surface area contributed by atoms with Crippen LogP contribution in [0.25, 0.3) is 0 Å². The molecule has 1 aromatic carbocycles. The molecular formula is C16H22F3N3O. The zero-order chi connectivity index (χ0) is 16.3. The van der Waals surface area contributed by atoms with Gasteiger partial charge in [0.2, 0.25) is 0 Å². The van der Waals surface area contributed by atoms with Crippen molar-refractivity contribution in [2.24, 2.45) is 0 Å². The van der Waals surface area contributed by atoms with Gasteiger partial charge in [0.25, 0.3) is 0 Å². The molecule has 0 aromatic heterocycles. The molecule has 4 nitrogen and oxygen atoms in total. The molecule has 2 aliphatic heterocycles. The highest BCUT2D eigenvalue weighted by Crippen LogP contribution is 2.27. The number of nitrogens with zero attached hydrogens (tertiary/aromatic N) is 2. The SMILES string of the molecule is FC(F)(F)Oc1ccccc1CN1CCN([C@H]2CCNC2)CC1. The van der Waals surface area contributed by atoms with Crippen LogP contribution >= 0.6 is 0 Å². The molecule has 0 unspecified atom stereocenters. The minimum atomic E-state index is -4.65. The van der Waals surface area contributed by atoms with E-state index in [2.05, 4.69) is 19.9 Å². The quantitative estimate of drug-likeness (QED) is 0.915. The Hall–Kier alpha value is -1.31. The summed E-state index contributed by atoms with van der Waals surface area (Å²) >= 11 is 0. The van der Waals surface area contributed by atoms with Crippen molar-refractivity contribution in [3.63, 3.8) is 0 Å². The number of rotatable bonds is 4. The fourth-order valence-corrected chi connectivity index (χ4v) is 3.34. The van der Waals surface area contributed by atoms with Crippen LogP contribution in [0.15, 0.2) is 24.3 Å². The van der Waals surface area contributed by atoms with Crippen LogP contribution in [0.5, 0.6) is 5.75 Å². The third-order valence-corrected chi connectivity index (χ3v) is 4.55. The molecule has 1 atom stereocenters. The predicted molar refractivity (Wildman–Crippen MR) is 81.2 cm³/mol. The molecule has 3 rings (SSSR count). The second kappa shape index (κ2) is 7.07. The van der Waals surface area contributed by atoms with Gasteiger partial charge in [0.15, 0.2) is 0 Å². The smallest absolute Gasteiger partial charge is 0.405 e. The van der Waals surface area contributed by atoms with Crippen LogP contribution in [0.4, 0.5) is 13.2 Å². The maximum absolute atomic E-state index is 12.5. The Morgan fingerprint density at radius 3 is 2.52 bits per heavy atom. The number of alkyl halides is 3. The predicted octanol–water partition coefficient (Wildman–Crippen LogP) is 2.06. The van der Waals surface area contributed by atoms with Gasteiger partial charge in [0.1, 0.15) is 5.75 Å². The van der Waals surface area contributed by atoms with Gasteiger partial charge in [-0.2, -0.15) is 0 Å². The molecule has 0 aliphatic carbocycles. The normalized spacial score (nSPS) is 24.0. The van der Waals surface area contributed by atoms with E-state index in [0.717, 1.165) is 39.3 Å². The lowest BCUT2D eigenvalue weighted by Crippen LogP contribution is -2.50. The Kier molecular flexibility index (Phi) is 5.08. The van der Waals surface area contributed by atoms with E-state index in [9.17, 15) is 13.2 Å². The van der Waals surface area contributed by atoms with Crippen LogP contribution in [-0.4, -0.2) is 61.5 Å². The standard InChI is InChI=1S/C16H22F3N3O/c17-16(18,19)23-15-4-2-1-3-13(15)12-21-7-9-22(10-8-21)14-5-6-20-11-14/h1-4,14,20H,5-12H2/t14-/m0/s1. The molecule has 2 fully saturated rings. The van der Waals surface area contributed by atoms with Gasteiger partial charge in [-0.05, 0) is 19.0 Å². The van der Waals surface area contributed by atoms with E-state index >= 15 is 0 Å². The minimum absolute atomic E-state index is 0.0950. The number of ether oxygens (including phenoxy) is 1. The summed E-state index contributed by atoms with van der Waals surface area (Å²) in [5, 5.41) is 3.37. The van der Waals surface area contributed by atoms with E-state index in [4.69, 9.17) is 0 Å². The zero-order valence-corrected chi connectivity index (χ0v) is 13.0. The van der Waals surface area contributed by atoms with Crippen molar-refractivity contribution in [2.45, 2.75) is 25.4 Å². The van der Waals surface area contributed by atoms with Crippen molar-refractivity contribution in [3.8, 4) is 5.75 Å². The van der Waals surface area contributed by atoms with Gasteiger partial charge in [0.05, 0.1) is 0 Å². The second-order valence-electron chi connectivity index (χ2n) is 6.11. The van der Waals surface area contributed by atoms with Gasteiger partial charge < -0.3 is 10.1 Å². The number of halogens is 3. The van der Waals surface area contributed by atoms with E-state index < -0.39 is 6.36 Å². The molecule has 2 aliphatic rings. The first-order valence-corrected chi connectivity index (χ1v) is 8.02. The number of nitrogens with one attached hydrogen (secondary N) is 1. The summed E-state index contributed by atoms with van der Waals surface area (Å²) in [7, 11) is 0. The van der Waals surface area contributed by atoms with Crippen molar-refractivity contribution in [2.75, 3.05) is 39.3 Å². The van der Waals surface area contributed by atoms with Crippen molar-refractivity contribution in [1.29, 1.82) is 0 Å². The van der Waals surface area contributed by atoms with Gasteiger partial charge >= 0.3 is 6.36 Å². The third-order valence-electron chi connectivity index (χ3n) is 4.55. The zero-order valence-electron chi connectivity index (χ0n) is 13.0. The molecule has 1 aromatic rings. The molecule has 7 heteroatoms. The average molecular weight is 329 g/mol. The molecule has 128 valence electrons. The molecule has 2 saturated heterocycles. The van der Waals surface area contributed by atoms with Crippen molar-refractivity contribution >= 4 is 0 Å². The molecule has 1 N–H and O–H groups in total. The maximum Gasteiger partial charge on any atom is 0.573 e. The van der Waals surface area contributed by atoms with Gasteiger partial charge in [-0.1, -0.05) is 18.2 Å². The molecular weight excluding hydrogens is 307 g/mol. The number of benzene rings is 1. The first-order chi connectivity index (χ1) is 11.0. The Balaban J connectivity index is 1.56. The monoisotopic (exact) mass is 329 g/mol. The topological polar surface area (TPSA) is 27.7 Å². The molecule has 0 saturated carbocycles. The minimum Gasteiger partial charge on any atom is -0.405 e. The lowest BCUT2D eigenvalue weighted by atomic mass is 10.1. The Morgan fingerprint density at radius 2 is 1.87 bits per heavy atom.